The van der Waals surface area contributed by atoms with Gasteiger partial charge in [-0.25, -0.2) is 0 Å². The van der Waals surface area contributed by atoms with Crippen molar-refractivity contribution in [1.82, 2.24) is 5.32 Å². The van der Waals surface area contributed by atoms with Crippen LogP contribution in [0.4, 0.5) is 0 Å². The van der Waals surface area contributed by atoms with Crippen molar-refractivity contribution in [2.75, 3.05) is 13.2 Å². The molecule has 66 heavy (non-hydrogen) atoms. The molecule has 1 amide bonds. The lowest BCUT2D eigenvalue weighted by Gasteiger charge is -2.40. The van der Waals surface area contributed by atoms with Gasteiger partial charge in [-0.1, -0.05) is 222 Å². The second-order valence-electron chi connectivity index (χ2n) is 19.0. The van der Waals surface area contributed by atoms with E-state index in [1.54, 1.807) is 6.08 Å². The summed E-state index contributed by atoms with van der Waals surface area (Å²) in [6.07, 6.45) is 55.8. The van der Waals surface area contributed by atoms with E-state index in [4.69, 9.17) is 9.47 Å². The van der Waals surface area contributed by atoms with Gasteiger partial charge in [0.15, 0.2) is 6.29 Å². The van der Waals surface area contributed by atoms with Gasteiger partial charge in [0.05, 0.1) is 25.4 Å². The number of amides is 1. The zero-order chi connectivity index (χ0) is 48.0. The highest BCUT2D eigenvalue weighted by Gasteiger charge is 2.44. The third kappa shape index (κ3) is 36.0. The lowest BCUT2D eigenvalue weighted by Crippen LogP contribution is -2.60. The van der Waals surface area contributed by atoms with Gasteiger partial charge in [0.2, 0.25) is 5.91 Å². The molecule has 0 bridgehead atoms. The van der Waals surface area contributed by atoms with Gasteiger partial charge in [0.1, 0.15) is 24.4 Å². The largest absolute Gasteiger partial charge is 0.394 e. The fourth-order valence-electron chi connectivity index (χ4n) is 8.41. The molecule has 7 atom stereocenters. The molecule has 384 valence electrons. The summed E-state index contributed by atoms with van der Waals surface area (Å²) in [7, 11) is 0. The Morgan fingerprint density at radius 2 is 0.909 bits per heavy atom. The first-order valence-electron chi connectivity index (χ1n) is 27.5. The minimum atomic E-state index is -1.57. The van der Waals surface area contributed by atoms with Crippen LogP contribution in [0.2, 0.25) is 0 Å². The number of rotatable bonds is 46. The van der Waals surface area contributed by atoms with Crippen LogP contribution in [0.25, 0.3) is 0 Å². The Hall–Kier alpha value is -2.11. The molecule has 1 heterocycles. The summed E-state index contributed by atoms with van der Waals surface area (Å²) in [6.45, 7) is 3.73. The number of hydrogen-bond acceptors (Lipinski definition) is 8. The maximum Gasteiger partial charge on any atom is 0.220 e. The zero-order valence-electron chi connectivity index (χ0n) is 42.4. The molecule has 6 N–H and O–H groups in total. The maximum atomic E-state index is 13.0. The summed E-state index contributed by atoms with van der Waals surface area (Å²) in [4.78, 5) is 13.0. The normalized spacial score (nSPS) is 20.3. The Bertz CT molecular complexity index is 1220. The number of unbranched alkanes of at least 4 members (excludes halogenated alkanes) is 28. The molecule has 9 nitrogen and oxygen atoms in total. The summed E-state index contributed by atoms with van der Waals surface area (Å²) in [5.41, 5.74) is 0. The second-order valence-corrected chi connectivity index (χ2v) is 19.0. The first-order chi connectivity index (χ1) is 32.3. The first kappa shape index (κ1) is 61.9. The summed E-state index contributed by atoms with van der Waals surface area (Å²) in [6, 6.07) is -0.822. The molecule has 1 aliphatic heterocycles. The van der Waals surface area contributed by atoms with E-state index in [0.717, 1.165) is 51.4 Å². The zero-order valence-corrected chi connectivity index (χ0v) is 42.4. The standard InChI is InChI=1S/C57H103NO8/c1-3-5-7-9-11-13-15-17-18-19-20-21-22-23-24-25-26-27-28-29-30-31-32-33-34-35-37-39-41-43-45-47-53(61)58-50(49-65-57-56(64)55(63)54(62)52(48-59)66-57)51(60)46-44-42-40-38-36-16-14-12-10-8-6-4-2/h15,17,19-20,22-23,36,38,44,46,50-52,54-57,59-60,62-64H,3-14,16,18,21,24-35,37,39-43,45,47-49H2,1-2H3,(H,58,61)/b17-15-,20-19-,23-22-,38-36+,46-44+. The van der Waals surface area contributed by atoms with Gasteiger partial charge in [0.25, 0.3) is 0 Å². The third-order valence-electron chi connectivity index (χ3n) is 12.8. The molecule has 0 aromatic carbocycles. The van der Waals surface area contributed by atoms with Gasteiger partial charge in [-0.15, -0.1) is 0 Å². The molecule has 0 aliphatic carbocycles. The van der Waals surface area contributed by atoms with Crippen LogP contribution >= 0.6 is 0 Å². The van der Waals surface area contributed by atoms with Crippen LogP contribution < -0.4 is 5.32 Å². The molecule has 1 fully saturated rings. The fraction of sp³-hybridized carbons (Fsp3) is 0.807. The van der Waals surface area contributed by atoms with Gasteiger partial charge in [-0.3, -0.25) is 4.79 Å². The van der Waals surface area contributed by atoms with Crippen LogP contribution in [0.3, 0.4) is 0 Å². The third-order valence-corrected chi connectivity index (χ3v) is 12.8. The number of carbonyl (C=O) groups is 1. The first-order valence-corrected chi connectivity index (χ1v) is 27.5. The molecule has 9 heteroatoms. The predicted octanol–water partition coefficient (Wildman–Crippen LogP) is 13.1. The molecular formula is C57H103NO8. The average Bonchev–Trinajstić information content (AvgIpc) is 3.32. The van der Waals surface area contributed by atoms with Crippen LogP contribution in [0.5, 0.6) is 0 Å². The lowest BCUT2D eigenvalue weighted by atomic mass is 9.99. The average molecular weight is 930 g/mol. The number of aliphatic hydroxyl groups excluding tert-OH is 5. The highest BCUT2D eigenvalue weighted by molar-refractivity contribution is 5.76. The highest BCUT2D eigenvalue weighted by Crippen LogP contribution is 2.23. The van der Waals surface area contributed by atoms with E-state index in [2.05, 4.69) is 67.8 Å². The summed E-state index contributed by atoms with van der Waals surface area (Å²) in [5.74, 6) is -0.188. The molecule has 1 saturated heterocycles. The summed E-state index contributed by atoms with van der Waals surface area (Å²) < 4.78 is 11.2. The van der Waals surface area contributed by atoms with Crippen LogP contribution in [-0.2, 0) is 14.3 Å². The van der Waals surface area contributed by atoms with E-state index in [9.17, 15) is 30.3 Å². The monoisotopic (exact) mass is 930 g/mol. The Morgan fingerprint density at radius 3 is 1.38 bits per heavy atom. The van der Waals surface area contributed by atoms with Crippen molar-refractivity contribution in [3.05, 3.63) is 60.8 Å². The van der Waals surface area contributed by atoms with Gasteiger partial charge in [-0.2, -0.15) is 0 Å². The number of ether oxygens (including phenoxy) is 2. The Kier molecular flexibility index (Phi) is 43.7. The SMILES string of the molecule is CCCCCCC/C=C\C/C=C\C/C=C\CCCCCCCCCCCCCCCCCCC(=O)NC(COC1OC(CO)C(O)C(O)C1O)C(O)/C=C/CC/C=C/CCCCCCCC. The van der Waals surface area contributed by atoms with Crippen molar-refractivity contribution in [3.63, 3.8) is 0 Å². The van der Waals surface area contributed by atoms with Crippen molar-refractivity contribution in [2.24, 2.45) is 0 Å². The maximum absolute atomic E-state index is 13.0. The predicted molar refractivity (Wildman–Crippen MR) is 276 cm³/mol. The molecule has 1 aliphatic rings. The molecule has 0 saturated carbocycles. The van der Waals surface area contributed by atoms with Crippen molar-refractivity contribution in [1.29, 1.82) is 0 Å². The van der Waals surface area contributed by atoms with E-state index in [1.165, 1.54) is 167 Å². The molecule has 0 spiro atoms. The molecule has 0 aromatic rings. The second kappa shape index (κ2) is 46.6. The summed E-state index contributed by atoms with van der Waals surface area (Å²) >= 11 is 0. The Balaban J connectivity index is 2.16. The van der Waals surface area contributed by atoms with Crippen LogP contribution in [0.1, 0.15) is 239 Å². The smallest absolute Gasteiger partial charge is 0.220 e. The van der Waals surface area contributed by atoms with Crippen molar-refractivity contribution in [3.8, 4) is 0 Å². The Morgan fingerprint density at radius 1 is 0.515 bits per heavy atom. The van der Waals surface area contributed by atoms with Crippen LogP contribution in [-0.4, -0.2) is 87.5 Å². The van der Waals surface area contributed by atoms with Crippen LogP contribution in [0, 0.1) is 0 Å². The molecule has 1 rings (SSSR count). The molecule has 7 unspecified atom stereocenters. The topological polar surface area (TPSA) is 149 Å². The molecule has 0 radical (unpaired) electrons. The molecule has 0 aromatic heterocycles. The van der Waals surface area contributed by atoms with Crippen molar-refractivity contribution in [2.45, 2.75) is 281 Å². The van der Waals surface area contributed by atoms with Crippen LogP contribution in [0.15, 0.2) is 60.8 Å². The molecular weight excluding hydrogens is 827 g/mol. The number of carbonyl (C=O) groups excluding carboxylic acids is 1. The number of allylic oxidation sites excluding steroid dienone is 9. The number of aliphatic hydroxyl groups is 5. The highest BCUT2D eigenvalue weighted by atomic mass is 16.7. The van der Waals surface area contributed by atoms with E-state index < -0.39 is 49.5 Å². The van der Waals surface area contributed by atoms with Crippen molar-refractivity contribution < 1.29 is 39.8 Å². The quantitative estimate of drug-likeness (QED) is 0.0261. The summed E-state index contributed by atoms with van der Waals surface area (Å²) in [5, 5.41) is 54.3. The minimum absolute atomic E-state index is 0.188. The van der Waals surface area contributed by atoms with E-state index in [1.807, 2.05) is 6.08 Å². The Labute approximate surface area is 405 Å². The van der Waals surface area contributed by atoms with Gasteiger partial charge >= 0.3 is 0 Å². The van der Waals surface area contributed by atoms with E-state index in [-0.39, 0.29) is 12.5 Å². The minimum Gasteiger partial charge on any atom is -0.394 e. The van der Waals surface area contributed by atoms with Gasteiger partial charge in [0, 0.05) is 6.42 Å². The number of nitrogens with one attached hydrogen (secondary N) is 1. The van der Waals surface area contributed by atoms with Gasteiger partial charge in [-0.05, 0) is 70.6 Å². The van der Waals surface area contributed by atoms with Gasteiger partial charge < -0.3 is 40.3 Å². The number of hydrogen-bond donors (Lipinski definition) is 6. The van der Waals surface area contributed by atoms with E-state index >= 15 is 0 Å². The van der Waals surface area contributed by atoms with Crippen molar-refractivity contribution >= 4 is 5.91 Å². The van der Waals surface area contributed by atoms with E-state index in [0.29, 0.717) is 6.42 Å². The fourth-order valence-corrected chi connectivity index (χ4v) is 8.41. The lowest BCUT2D eigenvalue weighted by molar-refractivity contribution is -0.302.